The van der Waals surface area contributed by atoms with Gasteiger partial charge in [-0.2, -0.15) is 0 Å². The molecule has 83 heavy (non-hydrogen) atoms. The molecule has 6 heteroatoms. The van der Waals surface area contributed by atoms with Crippen LogP contribution in [0.5, 0.6) is 0 Å². The summed E-state index contributed by atoms with van der Waals surface area (Å²) in [4.78, 5) is 38.4. The first kappa shape index (κ1) is 80.4. The Morgan fingerprint density at radius 1 is 0.253 bits per heavy atom. The molecule has 0 amide bonds. The third kappa shape index (κ3) is 70.0. The molecule has 0 aliphatic rings. The van der Waals surface area contributed by atoms with E-state index in [1.807, 2.05) is 0 Å². The van der Waals surface area contributed by atoms with E-state index in [-0.39, 0.29) is 31.1 Å². The molecule has 0 aliphatic heterocycles. The van der Waals surface area contributed by atoms with E-state index in [0.717, 1.165) is 83.5 Å². The largest absolute Gasteiger partial charge is 0.462 e. The van der Waals surface area contributed by atoms with Gasteiger partial charge in [-0.25, -0.2) is 0 Å². The number of esters is 3. The van der Waals surface area contributed by atoms with Crippen LogP contribution in [0.4, 0.5) is 0 Å². The number of hydrogen-bond acceptors (Lipinski definition) is 6. The molecule has 0 spiro atoms. The Bertz CT molecular complexity index is 1430. The van der Waals surface area contributed by atoms with Gasteiger partial charge < -0.3 is 14.2 Å². The molecule has 6 nitrogen and oxygen atoms in total. The van der Waals surface area contributed by atoms with Gasteiger partial charge in [-0.1, -0.05) is 378 Å². The molecule has 0 heterocycles. The van der Waals surface area contributed by atoms with Crippen molar-refractivity contribution in [3.63, 3.8) is 0 Å². The summed E-state index contributed by atoms with van der Waals surface area (Å²) >= 11 is 0. The summed E-state index contributed by atoms with van der Waals surface area (Å²) < 4.78 is 17.0. The Morgan fingerprint density at radius 3 is 0.735 bits per heavy atom. The average Bonchev–Trinajstić information content (AvgIpc) is 3.48. The van der Waals surface area contributed by atoms with Crippen molar-refractivity contribution in [3.05, 3.63) is 48.6 Å². The number of rotatable bonds is 69. The van der Waals surface area contributed by atoms with Crippen LogP contribution < -0.4 is 0 Å². The summed E-state index contributed by atoms with van der Waals surface area (Å²) in [6.07, 6.45) is 91.7. The minimum atomic E-state index is -0.767. The fourth-order valence-electron chi connectivity index (χ4n) is 11.3. The van der Waals surface area contributed by atoms with Gasteiger partial charge in [0.15, 0.2) is 6.10 Å². The molecule has 0 aromatic carbocycles. The van der Waals surface area contributed by atoms with E-state index in [2.05, 4.69) is 69.4 Å². The van der Waals surface area contributed by atoms with Gasteiger partial charge in [0.2, 0.25) is 0 Å². The maximum absolute atomic E-state index is 12.9. The molecule has 0 saturated carbocycles. The fourth-order valence-corrected chi connectivity index (χ4v) is 11.3. The van der Waals surface area contributed by atoms with Crippen LogP contribution in [0.15, 0.2) is 48.6 Å². The van der Waals surface area contributed by atoms with Crippen LogP contribution in [0.1, 0.15) is 406 Å². The molecule has 0 aromatic heterocycles. The SMILES string of the molecule is CC/C=C\C/C=C\C/C=C\C/C=C\CCCCCCCCCCCCCCCCCCCCCCC(=O)OCC(COC(=O)CCCCCCCCCCCCC)OC(=O)CCCCCCCCCCCCCCCCCCCCCCC. The van der Waals surface area contributed by atoms with Crippen molar-refractivity contribution >= 4 is 17.9 Å². The molecule has 0 aromatic rings. The minimum absolute atomic E-state index is 0.0644. The number of allylic oxidation sites excluding steroid dienone is 8. The fraction of sp³-hybridized carbons (Fsp3) is 0.857. The highest BCUT2D eigenvalue weighted by Crippen LogP contribution is 2.19. The molecule has 0 bridgehead atoms. The second-order valence-electron chi connectivity index (χ2n) is 25.2. The Labute approximate surface area is 518 Å². The zero-order chi connectivity index (χ0) is 59.9. The third-order valence-corrected chi connectivity index (χ3v) is 16.8. The van der Waals surface area contributed by atoms with Gasteiger partial charge in [-0.05, 0) is 57.8 Å². The molecule has 0 N–H and O–H groups in total. The van der Waals surface area contributed by atoms with E-state index in [1.165, 1.54) is 283 Å². The average molecular weight is 1160 g/mol. The van der Waals surface area contributed by atoms with Gasteiger partial charge in [0.25, 0.3) is 0 Å². The smallest absolute Gasteiger partial charge is 0.306 e. The Hall–Kier alpha value is -2.63. The van der Waals surface area contributed by atoms with Crippen LogP contribution in [0.3, 0.4) is 0 Å². The van der Waals surface area contributed by atoms with Crippen LogP contribution in [0, 0.1) is 0 Å². The molecule has 0 rings (SSSR count). The number of ether oxygens (including phenoxy) is 3. The van der Waals surface area contributed by atoms with Crippen LogP contribution >= 0.6 is 0 Å². The van der Waals surface area contributed by atoms with Crippen molar-refractivity contribution in [2.75, 3.05) is 13.2 Å². The molecule has 0 aliphatic carbocycles. The van der Waals surface area contributed by atoms with Gasteiger partial charge in [0.1, 0.15) is 13.2 Å². The van der Waals surface area contributed by atoms with E-state index in [4.69, 9.17) is 14.2 Å². The second-order valence-corrected chi connectivity index (χ2v) is 25.2. The number of carbonyl (C=O) groups is 3. The van der Waals surface area contributed by atoms with Crippen molar-refractivity contribution in [3.8, 4) is 0 Å². The molecule has 0 radical (unpaired) electrons. The molecule has 486 valence electrons. The van der Waals surface area contributed by atoms with E-state index in [0.29, 0.717) is 19.3 Å². The molecule has 1 atom stereocenters. The van der Waals surface area contributed by atoms with Gasteiger partial charge >= 0.3 is 17.9 Å². The van der Waals surface area contributed by atoms with E-state index < -0.39 is 6.10 Å². The number of unbranched alkanes of at least 4 members (excludes halogenated alkanes) is 50. The summed E-state index contributed by atoms with van der Waals surface area (Å²) in [5, 5.41) is 0. The first-order valence-electron chi connectivity index (χ1n) is 37.1. The number of hydrogen-bond donors (Lipinski definition) is 0. The topological polar surface area (TPSA) is 78.9 Å². The van der Waals surface area contributed by atoms with E-state index in [1.54, 1.807) is 0 Å². The molecule has 1 unspecified atom stereocenters. The standard InChI is InChI=1S/C77H142O6/c1-4-7-10-13-16-19-22-24-26-28-30-32-33-34-35-36-37-38-39-40-41-42-43-45-46-48-50-52-55-58-61-64-67-70-76(79)82-73-74(72-81-75(78)69-66-63-60-57-54-21-18-15-12-9-6-3)83-77(80)71-68-65-62-59-56-53-51-49-47-44-31-29-27-25-23-20-17-14-11-8-5-2/h7,10,16,19,24,26,30,32,74H,4-6,8-9,11-15,17-18,20-23,25,27-29,31,33-73H2,1-3H3/b10-7-,19-16-,26-24-,32-30-. The lowest BCUT2D eigenvalue weighted by atomic mass is 10.0. The van der Waals surface area contributed by atoms with Gasteiger partial charge in [0, 0.05) is 19.3 Å². The van der Waals surface area contributed by atoms with Crippen LogP contribution in [-0.4, -0.2) is 37.2 Å². The quantitative estimate of drug-likeness (QED) is 0.0261. The summed E-state index contributed by atoms with van der Waals surface area (Å²) in [5.41, 5.74) is 0. The minimum Gasteiger partial charge on any atom is -0.462 e. The highest BCUT2D eigenvalue weighted by Gasteiger charge is 2.20. The summed E-state index contributed by atoms with van der Waals surface area (Å²) in [6.45, 7) is 6.60. The lowest BCUT2D eigenvalue weighted by molar-refractivity contribution is -0.167. The van der Waals surface area contributed by atoms with Crippen LogP contribution in [0.2, 0.25) is 0 Å². The monoisotopic (exact) mass is 1160 g/mol. The summed E-state index contributed by atoms with van der Waals surface area (Å²) in [7, 11) is 0. The molecule has 0 fully saturated rings. The molecular formula is C77H142O6. The predicted molar refractivity (Wildman–Crippen MR) is 362 cm³/mol. The second kappa shape index (κ2) is 71.8. The zero-order valence-corrected chi connectivity index (χ0v) is 56.0. The van der Waals surface area contributed by atoms with Gasteiger partial charge in [-0.15, -0.1) is 0 Å². The first-order valence-corrected chi connectivity index (χ1v) is 37.1. The van der Waals surface area contributed by atoms with Crippen LogP contribution in [0.25, 0.3) is 0 Å². The number of carbonyl (C=O) groups excluding carboxylic acids is 3. The van der Waals surface area contributed by atoms with Crippen LogP contribution in [-0.2, 0) is 28.6 Å². The highest BCUT2D eigenvalue weighted by molar-refractivity contribution is 5.71. The summed E-state index contributed by atoms with van der Waals surface area (Å²) in [5.74, 6) is -0.832. The Kier molecular flexibility index (Phi) is 69.6. The predicted octanol–water partition coefficient (Wildman–Crippen LogP) is 25.7. The summed E-state index contributed by atoms with van der Waals surface area (Å²) in [6, 6.07) is 0. The zero-order valence-electron chi connectivity index (χ0n) is 56.0. The Balaban J connectivity index is 4.09. The third-order valence-electron chi connectivity index (χ3n) is 16.8. The van der Waals surface area contributed by atoms with Gasteiger partial charge in [-0.3, -0.25) is 14.4 Å². The lowest BCUT2D eigenvalue weighted by Crippen LogP contribution is -2.30. The van der Waals surface area contributed by atoms with Crippen molar-refractivity contribution in [2.24, 2.45) is 0 Å². The maximum atomic E-state index is 12.9. The van der Waals surface area contributed by atoms with Gasteiger partial charge in [0.05, 0.1) is 0 Å². The molecule has 0 saturated heterocycles. The first-order chi connectivity index (χ1) is 41.0. The van der Waals surface area contributed by atoms with Crippen molar-refractivity contribution in [1.82, 2.24) is 0 Å². The highest BCUT2D eigenvalue weighted by atomic mass is 16.6. The van der Waals surface area contributed by atoms with Crippen molar-refractivity contribution in [2.45, 2.75) is 412 Å². The molecular weight excluding hydrogens is 1020 g/mol. The van der Waals surface area contributed by atoms with Crippen molar-refractivity contribution in [1.29, 1.82) is 0 Å². The van der Waals surface area contributed by atoms with Crippen molar-refractivity contribution < 1.29 is 28.6 Å². The van der Waals surface area contributed by atoms with E-state index >= 15 is 0 Å². The normalized spacial score (nSPS) is 12.3. The van der Waals surface area contributed by atoms with E-state index in [9.17, 15) is 14.4 Å². The lowest BCUT2D eigenvalue weighted by Gasteiger charge is -2.18. The Morgan fingerprint density at radius 2 is 0.470 bits per heavy atom. The maximum Gasteiger partial charge on any atom is 0.306 e.